The van der Waals surface area contributed by atoms with Crippen LogP contribution in [-0.4, -0.2) is 29.0 Å². The van der Waals surface area contributed by atoms with Gasteiger partial charge in [0.2, 0.25) is 0 Å². The molecule has 0 spiro atoms. The maximum Gasteiger partial charge on any atom is 0.256 e. The van der Waals surface area contributed by atoms with Crippen molar-refractivity contribution in [3.05, 3.63) is 23.8 Å². The lowest BCUT2D eigenvalue weighted by Gasteiger charge is -2.22. The van der Waals surface area contributed by atoms with Crippen molar-refractivity contribution < 1.29 is 9.90 Å². The zero-order valence-electron chi connectivity index (χ0n) is 12.3. The number of aromatic hydroxyl groups is 1. The predicted molar refractivity (Wildman–Crippen MR) is 80.6 cm³/mol. The lowest BCUT2D eigenvalue weighted by Crippen LogP contribution is -2.32. The lowest BCUT2D eigenvalue weighted by atomic mass is 9.89. The summed E-state index contributed by atoms with van der Waals surface area (Å²) in [7, 11) is 0. The second kappa shape index (κ2) is 6.16. The number of nitrogens with zero attached hydrogens (tertiary/aromatic N) is 1. The molecule has 1 aliphatic heterocycles. The van der Waals surface area contributed by atoms with Gasteiger partial charge < -0.3 is 15.7 Å². The summed E-state index contributed by atoms with van der Waals surface area (Å²) < 4.78 is 0. The number of hydrogen-bond acceptors (Lipinski definition) is 3. The molecule has 1 fully saturated rings. The predicted octanol–water partition coefficient (Wildman–Crippen LogP) is 2.87. The van der Waals surface area contributed by atoms with Crippen molar-refractivity contribution in [2.24, 2.45) is 11.8 Å². The Hall–Kier alpha value is -1.71. The Morgan fingerprint density at radius 3 is 2.80 bits per heavy atom. The number of phenolic OH excluding ortho intramolecular Hbond substituents is 1. The molecule has 0 saturated carbocycles. The zero-order valence-corrected chi connectivity index (χ0v) is 12.3. The number of nitrogens with two attached hydrogens (primary N) is 1. The fourth-order valence-electron chi connectivity index (χ4n) is 2.89. The molecule has 20 heavy (non-hydrogen) atoms. The fourth-order valence-corrected chi connectivity index (χ4v) is 2.89. The number of amides is 1. The molecule has 110 valence electrons. The Labute approximate surface area is 120 Å². The van der Waals surface area contributed by atoms with Crippen LogP contribution in [-0.2, 0) is 0 Å². The van der Waals surface area contributed by atoms with Crippen molar-refractivity contribution in [1.29, 1.82) is 0 Å². The number of nitrogen functional groups attached to an aromatic ring is 1. The highest BCUT2D eigenvalue weighted by Gasteiger charge is 2.24. The first-order valence-corrected chi connectivity index (χ1v) is 7.37. The van der Waals surface area contributed by atoms with Crippen LogP contribution in [0.4, 0.5) is 5.69 Å². The van der Waals surface area contributed by atoms with Crippen molar-refractivity contribution in [3.63, 3.8) is 0 Å². The van der Waals surface area contributed by atoms with Gasteiger partial charge in [-0.2, -0.15) is 0 Å². The van der Waals surface area contributed by atoms with Crippen molar-refractivity contribution in [2.45, 2.75) is 33.1 Å². The average Bonchev–Trinajstić information content (AvgIpc) is 2.66. The van der Waals surface area contributed by atoms with E-state index in [-0.39, 0.29) is 11.7 Å². The summed E-state index contributed by atoms with van der Waals surface area (Å²) in [6, 6.07) is 4.54. The summed E-state index contributed by atoms with van der Waals surface area (Å²) >= 11 is 0. The first kappa shape index (κ1) is 14.7. The smallest absolute Gasteiger partial charge is 0.256 e. The van der Waals surface area contributed by atoms with Crippen LogP contribution in [0.25, 0.3) is 0 Å². The highest BCUT2D eigenvalue weighted by molar-refractivity contribution is 5.99. The van der Waals surface area contributed by atoms with Crippen LogP contribution in [0.15, 0.2) is 18.2 Å². The van der Waals surface area contributed by atoms with Gasteiger partial charge in [-0.05, 0) is 49.3 Å². The van der Waals surface area contributed by atoms with Gasteiger partial charge in [0.05, 0.1) is 5.56 Å². The largest absolute Gasteiger partial charge is 0.508 e. The van der Waals surface area contributed by atoms with E-state index in [2.05, 4.69) is 13.8 Å². The van der Waals surface area contributed by atoms with E-state index in [4.69, 9.17) is 5.73 Å². The van der Waals surface area contributed by atoms with Gasteiger partial charge in [-0.1, -0.05) is 13.8 Å². The van der Waals surface area contributed by atoms with Gasteiger partial charge in [0.15, 0.2) is 0 Å². The van der Waals surface area contributed by atoms with E-state index < -0.39 is 0 Å². The molecule has 1 heterocycles. The minimum atomic E-state index is -0.0668. The van der Waals surface area contributed by atoms with Gasteiger partial charge in [-0.15, -0.1) is 0 Å². The van der Waals surface area contributed by atoms with Crippen LogP contribution in [0.3, 0.4) is 0 Å². The van der Waals surface area contributed by atoms with Crippen LogP contribution < -0.4 is 5.73 Å². The van der Waals surface area contributed by atoms with Gasteiger partial charge in [0.25, 0.3) is 5.91 Å². The maximum atomic E-state index is 12.5. The summed E-state index contributed by atoms with van der Waals surface area (Å²) in [4.78, 5) is 14.4. The number of anilines is 1. The Kier molecular flexibility index (Phi) is 4.53. The molecular weight excluding hydrogens is 252 g/mol. The normalized spacial score (nSPS) is 19.9. The highest BCUT2D eigenvalue weighted by atomic mass is 16.3. The summed E-state index contributed by atoms with van der Waals surface area (Å²) in [6.07, 6.45) is 3.26. The fraction of sp³-hybridized carbons (Fsp3) is 0.562. The monoisotopic (exact) mass is 276 g/mol. The SMILES string of the molecule is CC(C)C1CCCN(C(=O)c2cc(O)ccc2N)CC1. The molecule has 3 N–H and O–H groups in total. The first-order valence-electron chi connectivity index (χ1n) is 7.37. The Morgan fingerprint density at radius 2 is 2.10 bits per heavy atom. The van der Waals surface area contributed by atoms with E-state index in [1.807, 2.05) is 4.90 Å². The molecule has 0 aliphatic carbocycles. The number of phenols is 1. The lowest BCUT2D eigenvalue weighted by molar-refractivity contribution is 0.0759. The van der Waals surface area contributed by atoms with Crippen LogP contribution in [0.5, 0.6) is 5.75 Å². The molecule has 1 unspecified atom stereocenters. The zero-order chi connectivity index (χ0) is 14.7. The molecule has 1 aromatic carbocycles. The summed E-state index contributed by atoms with van der Waals surface area (Å²) in [5, 5.41) is 9.53. The van der Waals surface area contributed by atoms with E-state index in [0.29, 0.717) is 23.1 Å². The molecular formula is C16H24N2O2. The topological polar surface area (TPSA) is 66.6 Å². The average molecular weight is 276 g/mol. The van der Waals surface area contributed by atoms with Crippen molar-refractivity contribution in [3.8, 4) is 5.75 Å². The summed E-state index contributed by atoms with van der Waals surface area (Å²) in [5.74, 6) is 1.37. The van der Waals surface area contributed by atoms with Crippen LogP contribution >= 0.6 is 0 Å². The third-order valence-corrected chi connectivity index (χ3v) is 4.27. The Morgan fingerprint density at radius 1 is 1.35 bits per heavy atom. The molecule has 1 aliphatic rings. The number of likely N-dealkylation sites (tertiary alicyclic amines) is 1. The molecule has 1 amide bonds. The van der Waals surface area contributed by atoms with Gasteiger partial charge in [0.1, 0.15) is 5.75 Å². The maximum absolute atomic E-state index is 12.5. The van der Waals surface area contributed by atoms with Gasteiger partial charge in [-0.25, -0.2) is 0 Å². The molecule has 1 saturated heterocycles. The Bertz CT molecular complexity index is 485. The molecule has 1 atom stereocenters. The number of rotatable bonds is 2. The first-order chi connectivity index (χ1) is 9.49. The van der Waals surface area contributed by atoms with E-state index in [0.717, 1.165) is 25.9 Å². The van der Waals surface area contributed by atoms with Crippen LogP contribution in [0, 0.1) is 11.8 Å². The van der Waals surface area contributed by atoms with Crippen molar-refractivity contribution in [2.75, 3.05) is 18.8 Å². The molecule has 0 bridgehead atoms. The minimum absolute atomic E-state index is 0.0668. The molecule has 1 aromatic rings. The minimum Gasteiger partial charge on any atom is -0.508 e. The molecule has 0 radical (unpaired) electrons. The standard InChI is InChI=1S/C16H24N2O2/c1-11(2)12-4-3-8-18(9-7-12)16(20)14-10-13(19)5-6-15(14)17/h5-6,10-12,19H,3-4,7-9,17H2,1-2H3. The van der Waals surface area contributed by atoms with E-state index in [9.17, 15) is 9.90 Å². The third-order valence-electron chi connectivity index (χ3n) is 4.27. The summed E-state index contributed by atoms with van der Waals surface area (Å²) in [5.41, 5.74) is 6.69. The number of benzene rings is 1. The number of carbonyl (C=O) groups excluding carboxylic acids is 1. The molecule has 2 rings (SSSR count). The van der Waals surface area contributed by atoms with E-state index in [1.165, 1.54) is 18.6 Å². The Balaban J connectivity index is 2.11. The number of hydrogen-bond donors (Lipinski definition) is 2. The second-order valence-corrected chi connectivity index (χ2v) is 6.00. The van der Waals surface area contributed by atoms with Crippen molar-refractivity contribution >= 4 is 11.6 Å². The third kappa shape index (κ3) is 3.24. The highest BCUT2D eigenvalue weighted by Crippen LogP contribution is 2.26. The van der Waals surface area contributed by atoms with Crippen LogP contribution in [0.2, 0.25) is 0 Å². The van der Waals surface area contributed by atoms with Gasteiger partial charge >= 0.3 is 0 Å². The quantitative estimate of drug-likeness (QED) is 0.644. The second-order valence-electron chi connectivity index (χ2n) is 6.00. The summed E-state index contributed by atoms with van der Waals surface area (Å²) in [6.45, 7) is 6.04. The molecule has 4 nitrogen and oxygen atoms in total. The molecule has 4 heteroatoms. The van der Waals surface area contributed by atoms with Gasteiger partial charge in [0, 0.05) is 18.8 Å². The molecule has 0 aromatic heterocycles. The van der Waals surface area contributed by atoms with E-state index in [1.54, 1.807) is 6.07 Å². The van der Waals surface area contributed by atoms with Gasteiger partial charge in [-0.3, -0.25) is 4.79 Å². The van der Waals surface area contributed by atoms with E-state index >= 15 is 0 Å². The van der Waals surface area contributed by atoms with Crippen molar-refractivity contribution in [1.82, 2.24) is 4.90 Å². The number of carbonyl (C=O) groups is 1. The van der Waals surface area contributed by atoms with Crippen LogP contribution in [0.1, 0.15) is 43.5 Å².